The highest BCUT2D eigenvalue weighted by Gasteiger charge is 2.20. The van der Waals surface area contributed by atoms with Crippen LogP contribution in [0.15, 0.2) is 22.9 Å². The first-order valence-electron chi connectivity index (χ1n) is 9.41. The summed E-state index contributed by atoms with van der Waals surface area (Å²) in [6, 6.07) is 3.02. The van der Waals surface area contributed by atoms with Crippen molar-refractivity contribution in [2.24, 2.45) is 0 Å². The molecule has 0 aliphatic rings. The quantitative estimate of drug-likeness (QED) is 0.431. The number of ether oxygens (including phenoxy) is 4. The molecule has 0 atom stereocenters. The maximum absolute atomic E-state index is 12.8. The molecule has 174 valence electrons. The first kappa shape index (κ1) is 23.9. The molecule has 1 aromatic carbocycles. The van der Waals surface area contributed by atoms with Crippen molar-refractivity contribution in [2.75, 3.05) is 38.6 Å². The highest BCUT2D eigenvalue weighted by atomic mass is 32.1. The van der Waals surface area contributed by atoms with Gasteiger partial charge in [0.2, 0.25) is 0 Å². The van der Waals surface area contributed by atoms with Gasteiger partial charge in [0.1, 0.15) is 11.4 Å². The molecule has 2 heterocycles. The summed E-state index contributed by atoms with van der Waals surface area (Å²) in [7, 11) is 4.36. The largest absolute Gasteiger partial charge is 0.496 e. The van der Waals surface area contributed by atoms with Gasteiger partial charge in [-0.25, -0.2) is 14.8 Å². The molecule has 3 rings (SSSR count). The Morgan fingerprint density at radius 2 is 1.36 bits per heavy atom. The van der Waals surface area contributed by atoms with Gasteiger partial charge in [-0.05, 0) is 6.92 Å². The molecule has 11 nitrogen and oxygen atoms in total. The Morgan fingerprint density at radius 3 is 1.97 bits per heavy atom. The molecule has 0 aliphatic heterocycles. The molecular weight excluding hydrogens is 472 g/mol. The zero-order chi connectivity index (χ0) is 24.0. The zero-order valence-electron chi connectivity index (χ0n) is 18.1. The first-order valence-corrected chi connectivity index (χ1v) is 11.2. The van der Waals surface area contributed by atoms with E-state index in [1.54, 1.807) is 6.92 Å². The van der Waals surface area contributed by atoms with E-state index in [1.165, 1.54) is 44.2 Å². The fraction of sp³-hybridized carbons (Fsp3) is 0.250. The third-order valence-corrected chi connectivity index (χ3v) is 5.63. The average Bonchev–Trinajstić information content (AvgIpc) is 3.48. The van der Waals surface area contributed by atoms with Crippen molar-refractivity contribution in [1.29, 1.82) is 0 Å². The number of esters is 1. The minimum atomic E-state index is -0.571. The standard InChI is InChI=1S/C20H20N4O7S2/c1-5-31-18(27)12-9-33-20(22-12)24-17(26)11-8-32-19(21-11)23-16(25)10-6-14(29-3)15(30-4)7-13(10)28-2/h6-9H,5H2,1-4H3,(H,21,23,25)(H,22,24,26). The van der Waals surface area contributed by atoms with Crippen LogP contribution in [-0.4, -0.2) is 55.7 Å². The SMILES string of the molecule is CCOC(=O)c1csc(NC(=O)c2csc(NC(=O)c3cc(OC)c(OC)cc3OC)n2)n1. The Labute approximate surface area is 196 Å². The first-order chi connectivity index (χ1) is 15.9. The maximum atomic E-state index is 12.8. The minimum absolute atomic E-state index is 0.0717. The van der Waals surface area contributed by atoms with Crippen LogP contribution < -0.4 is 24.8 Å². The number of thiazole rings is 2. The Hall–Kier alpha value is -3.71. The van der Waals surface area contributed by atoms with E-state index in [2.05, 4.69) is 20.6 Å². The van der Waals surface area contributed by atoms with E-state index in [0.717, 1.165) is 22.7 Å². The van der Waals surface area contributed by atoms with Crippen LogP contribution in [0.1, 0.15) is 38.3 Å². The van der Waals surface area contributed by atoms with Gasteiger partial charge < -0.3 is 18.9 Å². The van der Waals surface area contributed by atoms with Crippen LogP contribution in [0.2, 0.25) is 0 Å². The van der Waals surface area contributed by atoms with Crippen molar-refractivity contribution in [1.82, 2.24) is 9.97 Å². The third-order valence-electron chi connectivity index (χ3n) is 4.12. The predicted octanol–water partition coefficient (Wildman–Crippen LogP) is 3.31. The fourth-order valence-corrected chi connectivity index (χ4v) is 3.96. The van der Waals surface area contributed by atoms with Gasteiger partial charge >= 0.3 is 5.97 Å². The molecule has 0 aliphatic carbocycles. The summed E-state index contributed by atoms with van der Waals surface area (Å²) in [5, 5.41) is 8.58. The lowest BCUT2D eigenvalue weighted by molar-refractivity contribution is 0.0520. The van der Waals surface area contributed by atoms with Gasteiger partial charge in [0.05, 0.1) is 33.5 Å². The summed E-state index contributed by atoms with van der Waals surface area (Å²) in [5.41, 5.74) is 0.375. The summed E-state index contributed by atoms with van der Waals surface area (Å²) >= 11 is 2.15. The Morgan fingerprint density at radius 1 is 0.818 bits per heavy atom. The number of rotatable bonds is 9. The number of carbonyl (C=O) groups excluding carboxylic acids is 3. The highest BCUT2D eigenvalue weighted by molar-refractivity contribution is 7.14. The van der Waals surface area contributed by atoms with Gasteiger partial charge in [-0.1, -0.05) is 0 Å². The average molecular weight is 493 g/mol. The Kier molecular flexibility index (Phi) is 7.79. The summed E-state index contributed by atoms with van der Waals surface area (Å²) in [5.74, 6) is -0.576. The second-order valence-corrected chi connectivity index (χ2v) is 7.83. The van der Waals surface area contributed by atoms with E-state index in [4.69, 9.17) is 18.9 Å². The molecule has 2 N–H and O–H groups in total. The van der Waals surface area contributed by atoms with Gasteiger partial charge in [-0.3, -0.25) is 20.2 Å². The third kappa shape index (κ3) is 5.56. The van der Waals surface area contributed by atoms with Crippen LogP contribution in [0.4, 0.5) is 10.3 Å². The second kappa shape index (κ2) is 10.7. The van der Waals surface area contributed by atoms with Gasteiger partial charge in [-0.2, -0.15) is 0 Å². The smallest absolute Gasteiger partial charge is 0.357 e. The molecule has 2 aromatic heterocycles. The monoisotopic (exact) mass is 492 g/mol. The van der Waals surface area contributed by atoms with E-state index < -0.39 is 17.8 Å². The maximum Gasteiger partial charge on any atom is 0.357 e. The van der Waals surface area contributed by atoms with E-state index in [1.807, 2.05) is 0 Å². The molecule has 0 unspecified atom stereocenters. The van der Waals surface area contributed by atoms with Gasteiger partial charge in [0, 0.05) is 22.9 Å². The van der Waals surface area contributed by atoms with Gasteiger partial charge in [0.25, 0.3) is 11.8 Å². The molecule has 0 bridgehead atoms. The van der Waals surface area contributed by atoms with Crippen molar-refractivity contribution in [2.45, 2.75) is 6.92 Å². The summed E-state index contributed by atoms with van der Waals surface area (Å²) in [4.78, 5) is 45.1. The number of aromatic nitrogens is 2. The van der Waals surface area contributed by atoms with E-state index in [-0.39, 0.29) is 39.6 Å². The van der Waals surface area contributed by atoms with E-state index in [9.17, 15) is 14.4 Å². The Bertz CT molecular complexity index is 1180. The van der Waals surface area contributed by atoms with Crippen LogP contribution in [0.25, 0.3) is 0 Å². The van der Waals surface area contributed by atoms with Gasteiger partial charge in [-0.15, -0.1) is 22.7 Å². The van der Waals surface area contributed by atoms with Crippen molar-refractivity contribution < 1.29 is 33.3 Å². The molecular formula is C20H20N4O7S2. The predicted molar refractivity (Wildman–Crippen MR) is 122 cm³/mol. The van der Waals surface area contributed by atoms with E-state index in [0.29, 0.717) is 11.5 Å². The number of anilines is 2. The second-order valence-electron chi connectivity index (χ2n) is 6.11. The lowest BCUT2D eigenvalue weighted by atomic mass is 10.1. The normalized spacial score (nSPS) is 10.3. The minimum Gasteiger partial charge on any atom is -0.496 e. The summed E-state index contributed by atoms with van der Waals surface area (Å²) in [6.45, 7) is 1.91. The molecule has 0 saturated carbocycles. The van der Waals surface area contributed by atoms with Gasteiger partial charge in [0.15, 0.2) is 27.5 Å². The lowest BCUT2D eigenvalue weighted by Crippen LogP contribution is -2.15. The number of nitrogens with one attached hydrogen (secondary N) is 2. The van der Waals surface area contributed by atoms with Crippen LogP contribution >= 0.6 is 22.7 Å². The number of methoxy groups -OCH3 is 3. The highest BCUT2D eigenvalue weighted by Crippen LogP contribution is 2.35. The number of nitrogens with zero attached hydrogens (tertiary/aromatic N) is 2. The van der Waals surface area contributed by atoms with Crippen LogP contribution in [0, 0.1) is 0 Å². The molecule has 33 heavy (non-hydrogen) atoms. The summed E-state index contributed by atoms with van der Waals surface area (Å²) < 4.78 is 20.6. The molecule has 0 radical (unpaired) electrons. The molecule has 2 amide bonds. The zero-order valence-corrected chi connectivity index (χ0v) is 19.7. The molecule has 3 aromatic rings. The lowest BCUT2D eigenvalue weighted by Gasteiger charge is -2.13. The molecule has 13 heteroatoms. The van der Waals surface area contributed by atoms with Crippen molar-refractivity contribution in [3.8, 4) is 17.2 Å². The number of amides is 2. The molecule has 0 fully saturated rings. The van der Waals surface area contributed by atoms with Crippen molar-refractivity contribution in [3.05, 3.63) is 39.8 Å². The van der Waals surface area contributed by atoms with Crippen LogP contribution in [-0.2, 0) is 4.74 Å². The molecule has 0 saturated heterocycles. The van der Waals surface area contributed by atoms with Crippen molar-refractivity contribution in [3.63, 3.8) is 0 Å². The summed E-state index contributed by atoms with van der Waals surface area (Å²) in [6.07, 6.45) is 0. The number of hydrogen-bond donors (Lipinski definition) is 2. The van der Waals surface area contributed by atoms with Crippen LogP contribution in [0.5, 0.6) is 17.2 Å². The number of benzene rings is 1. The topological polar surface area (TPSA) is 138 Å². The number of hydrogen-bond acceptors (Lipinski definition) is 11. The molecule has 0 spiro atoms. The van der Waals surface area contributed by atoms with Crippen molar-refractivity contribution >= 4 is 50.7 Å². The van der Waals surface area contributed by atoms with E-state index >= 15 is 0 Å². The Balaban J connectivity index is 1.70. The number of carbonyl (C=O) groups is 3. The van der Waals surface area contributed by atoms with Crippen LogP contribution in [0.3, 0.4) is 0 Å². The fourth-order valence-electron chi connectivity index (χ4n) is 2.60.